The Morgan fingerprint density at radius 1 is 1.14 bits per heavy atom. The summed E-state index contributed by atoms with van der Waals surface area (Å²) in [5.41, 5.74) is 5.68. The van der Waals surface area contributed by atoms with Gasteiger partial charge in [-0.3, -0.25) is 10.00 Å². The minimum absolute atomic E-state index is 0.605. The first kappa shape index (κ1) is 18.1. The first-order valence-electron chi connectivity index (χ1n) is 10.1. The maximum absolute atomic E-state index is 5.45. The smallest absolute Gasteiger partial charge is 0.161 e. The highest BCUT2D eigenvalue weighted by molar-refractivity contribution is 5.66. The van der Waals surface area contributed by atoms with Crippen molar-refractivity contribution >= 4 is 0 Å². The molecule has 7 heteroatoms. The van der Waals surface area contributed by atoms with Crippen LogP contribution in [0, 0.1) is 0 Å². The first-order valence-corrected chi connectivity index (χ1v) is 10.1. The van der Waals surface area contributed by atoms with Gasteiger partial charge >= 0.3 is 0 Å². The van der Waals surface area contributed by atoms with Crippen LogP contribution in [0.5, 0.6) is 11.5 Å². The highest BCUT2D eigenvalue weighted by atomic mass is 16.5. The molecule has 2 aliphatic rings. The zero-order chi connectivity index (χ0) is 19.8. The molecule has 29 heavy (non-hydrogen) atoms. The van der Waals surface area contributed by atoms with Crippen LogP contribution in [0.15, 0.2) is 30.6 Å². The molecule has 2 aromatic heterocycles. The fourth-order valence-corrected chi connectivity index (χ4v) is 3.98. The number of H-pyrrole nitrogens is 1. The van der Waals surface area contributed by atoms with Crippen LogP contribution in [0.2, 0.25) is 0 Å². The average molecular weight is 391 g/mol. The predicted octanol–water partition coefficient (Wildman–Crippen LogP) is 3.32. The number of nitrogens with one attached hydrogen (secondary N) is 1. The number of aromatic nitrogens is 4. The molecule has 150 valence electrons. The van der Waals surface area contributed by atoms with Crippen LogP contribution in [0.1, 0.15) is 41.4 Å². The predicted molar refractivity (Wildman–Crippen MR) is 109 cm³/mol. The van der Waals surface area contributed by atoms with Gasteiger partial charge in [-0.15, -0.1) is 0 Å². The van der Waals surface area contributed by atoms with E-state index in [2.05, 4.69) is 20.1 Å². The average Bonchev–Trinajstić information content (AvgIpc) is 3.52. The lowest BCUT2D eigenvalue weighted by molar-refractivity contribution is 0.243. The van der Waals surface area contributed by atoms with E-state index in [4.69, 9.17) is 14.5 Å². The summed E-state index contributed by atoms with van der Waals surface area (Å²) in [6, 6.07) is 5.93. The Hall–Kier alpha value is -2.93. The molecule has 0 amide bonds. The lowest BCUT2D eigenvalue weighted by Gasteiger charge is -2.28. The van der Waals surface area contributed by atoms with E-state index in [0.29, 0.717) is 11.7 Å². The summed E-state index contributed by atoms with van der Waals surface area (Å²) in [6.07, 6.45) is 7.40. The fraction of sp³-hybridized carbons (Fsp3) is 0.409. The molecule has 3 aromatic rings. The number of rotatable bonds is 6. The molecule has 5 rings (SSSR count). The monoisotopic (exact) mass is 391 g/mol. The maximum atomic E-state index is 5.45. The zero-order valence-corrected chi connectivity index (χ0v) is 16.8. The molecule has 1 fully saturated rings. The molecule has 1 aliphatic carbocycles. The van der Waals surface area contributed by atoms with Crippen molar-refractivity contribution in [2.75, 3.05) is 20.8 Å². The van der Waals surface area contributed by atoms with E-state index in [9.17, 15) is 0 Å². The van der Waals surface area contributed by atoms with E-state index < -0.39 is 0 Å². The standard InChI is InChI=1S/C22H25N5O2/c1-28-19-6-5-15(9-20(19)29-2)21-17(11-24-26-21)13-27-8-7-18-16(12-27)10-23-22(25-18)14-3-4-14/h5-6,9-11,14H,3-4,7-8,12-13H2,1-2H3,(H,24,26). The second kappa shape index (κ2) is 7.48. The molecule has 1 N–H and O–H groups in total. The van der Waals surface area contributed by atoms with E-state index in [-0.39, 0.29) is 0 Å². The van der Waals surface area contributed by atoms with Crippen molar-refractivity contribution in [1.29, 1.82) is 0 Å². The van der Waals surface area contributed by atoms with Crippen molar-refractivity contribution < 1.29 is 9.47 Å². The molecule has 0 radical (unpaired) electrons. The molecule has 0 unspecified atom stereocenters. The number of benzene rings is 1. The van der Waals surface area contributed by atoms with Crippen molar-refractivity contribution in [2.24, 2.45) is 0 Å². The lowest BCUT2D eigenvalue weighted by Crippen LogP contribution is -2.31. The molecular weight excluding hydrogens is 366 g/mol. The summed E-state index contributed by atoms with van der Waals surface area (Å²) in [4.78, 5) is 11.9. The number of aromatic amines is 1. The summed E-state index contributed by atoms with van der Waals surface area (Å²) in [5.74, 6) is 3.08. The zero-order valence-electron chi connectivity index (χ0n) is 16.8. The van der Waals surface area contributed by atoms with Crippen LogP contribution in [-0.2, 0) is 19.5 Å². The van der Waals surface area contributed by atoms with Crippen molar-refractivity contribution in [1.82, 2.24) is 25.1 Å². The van der Waals surface area contributed by atoms with Crippen molar-refractivity contribution in [3.8, 4) is 22.8 Å². The quantitative estimate of drug-likeness (QED) is 0.695. The first-order chi connectivity index (χ1) is 14.2. The Balaban J connectivity index is 1.34. The van der Waals surface area contributed by atoms with Gasteiger partial charge in [0.1, 0.15) is 5.82 Å². The largest absolute Gasteiger partial charge is 0.493 e. The van der Waals surface area contributed by atoms with E-state index >= 15 is 0 Å². The summed E-state index contributed by atoms with van der Waals surface area (Å²) in [6.45, 7) is 2.69. The van der Waals surface area contributed by atoms with Crippen molar-refractivity contribution in [3.63, 3.8) is 0 Å². The van der Waals surface area contributed by atoms with Crippen molar-refractivity contribution in [3.05, 3.63) is 53.2 Å². The Bertz CT molecular complexity index is 1030. The van der Waals surface area contributed by atoms with E-state index in [1.54, 1.807) is 14.2 Å². The van der Waals surface area contributed by atoms with Gasteiger partial charge in [-0.2, -0.15) is 5.10 Å². The van der Waals surface area contributed by atoms with E-state index in [1.165, 1.54) is 24.1 Å². The Morgan fingerprint density at radius 2 is 2.00 bits per heavy atom. The van der Waals surface area contributed by atoms with Crippen LogP contribution in [0.25, 0.3) is 11.3 Å². The normalized spacial score (nSPS) is 16.5. The van der Waals surface area contributed by atoms with Gasteiger partial charge in [0, 0.05) is 60.6 Å². The molecule has 1 aromatic carbocycles. The SMILES string of the molecule is COc1ccc(-c2[nH]ncc2CN2CCc3nc(C4CC4)ncc3C2)cc1OC. The fourth-order valence-electron chi connectivity index (χ4n) is 3.98. The molecule has 1 aliphatic heterocycles. The van der Waals surface area contributed by atoms with Crippen molar-refractivity contribution in [2.45, 2.75) is 38.3 Å². The highest BCUT2D eigenvalue weighted by Crippen LogP contribution is 2.38. The molecule has 3 heterocycles. The number of hydrogen-bond donors (Lipinski definition) is 1. The van der Waals surface area contributed by atoms with Crippen LogP contribution >= 0.6 is 0 Å². The topological polar surface area (TPSA) is 76.2 Å². The second-order valence-electron chi connectivity index (χ2n) is 7.78. The summed E-state index contributed by atoms with van der Waals surface area (Å²) < 4.78 is 10.8. The number of ether oxygens (including phenoxy) is 2. The van der Waals surface area contributed by atoms with Gasteiger partial charge in [0.2, 0.25) is 0 Å². The van der Waals surface area contributed by atoms with Crippen LogP contribution in [0.4, 0.5) is 0 Å². The van der Waals surface area contributed by atoms with Crippen LogP contribution in [-0.4, -0.2) is 45.8 Å². The van der Waals surface area contributed by atoms with Gasteiger partial charge in [0.25, 0.3) is 0 Å². The molecule has 0 saturated heterocycles. The molecule has 1 saturated carbocycles. The Labute approximate surface area is 170 Å². The molecule has 0 spiro atoms. The summed E-state index contributed by atoms with van der Waals surface area (Å²) in [5, 5.41) is 7.44. The highest BCUT2D eigenvalue weighted by Gasteiger charge is 2.28. The van der Waals surface area contributed by atoms with Gasteiger partial charge < -0.3 is 9.47 Å². The van der Waals surface area contributed by atoms with Crippen LogP contribution < -0.4 is 9.47 Å². The van der Waals surface area contributed by atoms with E-state index in [0.717, 1.165) is 54.4 Å². The van der Waals surface area contributed by atoms with Gasteiger partial charge in [0.15, 0.2) is 11.5 Å². The Kier molecular flexibility index (Phi) is 4.67. The summed E-state index contributed by atoms with van der Waals surface area (Å²) in [7, 11) is 3.29. The minimum Gasteiger partial charge on any atom is -0.493 e. The third-order valence-electron chi connectivity index (χ3n) is 5.76. The molecular formula is C22H25N5O2. The third kappa shape index (κ3) is 3.58. The van der Waals surface area contributed by atoms with E-state index in [1.807, 2.05) is 30.6 Å². The summed E-state index contributed by atoms with van der Waals surface area (Å²) >= 11 is 0. The lowest BCUT2D eigenvalue weighted by atomic mass is 10.0. The molecule has 0 atom stereocenters. The number of methoxy groups -OCH3 is 2. The van der Waals surface area contributed by atoms with Gasteiger partial charge in [0.05, 0.1) is 26.1 Å². The van der Waals surface area contributed by atoms with Crippen LogP contribution in [0.3, 0.4) is 0 Å². The second-order valence-corrected chi connectivity index (χ2v) is 7.78. The number of fused-ring (bicyclic) bond motifs is 1. The maximum Gasteiger partial charge on any atom is 0.161 e. The Morgan fingerprint density at radius 3 is 2.79 bits per heavy atom. The van der Waals surface area contributed by atoms with Gasteiger partial charge in [-0.25, -0.2) is 9.97 Å². The van der Waals surface area contributed by atoms with Gasteiger partial charge in [-0.05, 0) is 31.0 Å². The molecule has 0 bridgehead atoms. The number of hydrogen-bond acceptors (Lipinski definition) is 6. The molecule has 7 nitrogen and oxygen atoms in total. The minimum atomic E-state index is 0.605. The number of nitrogens with zero attached hydrogens (tertiary/aromatic N) is 4. The third-order valence-corrected chi connectivity index (χ3v) is 5.76. The van der Waals surface area contributed by atoms with Gasteiger partial charge in [-0.1, -0.05) is 0 Å².